The van der Waals surface area contributed by atoms with Crippen molar-refractivity contribution >= 4 is 79.3 Å². The largest absolute Gasteiger partial charge is 0.399 e. The Morgan fingerprint density at radius 1 is 0.722 bits per heavy atom. The van der Waals surface area contributed by atoms with Crippen LogP contribution in [0.15, 0.2) is 24.3 Å². The number of hydrogen-bond donors (Lipinski definition) is 4. The molecule has 18 heavy (non-hydrogen) atoms. The van der Waals surface area contributed by atoms with Gasteiger partial charge in [0.15, 0.2) is 0 Å². The molecule has 0 fully saturated rings. The van der Waals surface area contributed by atoms with Crippen LogP contribution in [-0.2, 0) is 0 Å². The molecule has 1 heterocycles. The summed E-state index contributed by atoms with van der Waals surface area (Å²) in [5.41, 5.74) is 17.3. The molecule has 4 nitrogen and oxygen atoms in total. The van der Waals surface area contributed by atoms with Crippen LogP contribution in [0.2, 0.25) is 0 Å². The predicted molar refractivity (Wildman–Crippen MR) is 93.7 cm³/mol. The van der Waals surface area contributed by atoms with Crippen molar-refractivity contribution in [1.82, 2.24) is 0 Å². The van der Waals surface area contributed by atoms with Crippen LogP contribution < -0.4 is 22.1 Å². The fraction of sp³-hybridized carbons (Fsp3) is 0. The highest BCUT2D eigenvalue weighted by Crippen LogP contribution is 2.44. The van der Waals surface area contributed by atoms with E-state index in [4.69, 9.17) is 11.5 Å². The number of nitrogen functional groups attached to an aromatic ring is 2. The lowest BCUT2D eigenvalue weighted by Crippen LogP contribution is -2.10. The highest BCUT2D eigenvalue weighted by atomic mass is 127. The zero-order valence-electron chi connectivity index (χ0n) is 9.22. The van der Waals surface area contributed by atoms with Crippen molar-refractivity contribution in [3.63, 3.8) is 0 Å². The van der Waals surface area contributed by atoms with Crippen LogP contribution in [0.4, 0.5) is 34.1 Å². The van der Waals surface area contributed by atoms with Gasteiger partial charge in [0.1, 0.15) is 0 Å². The van der Waals surface area contributed by atoms with Crippen molar-refractivity contribution in [3.05, 3.63) is 31.4 Å². The minimum atomic E-state index is 0.745. The zero-order valence-corrected chi connectivity index (χ0v) is 13.5. The second kappa shape index (κ2) is 4.34. The molecule has 0 atom stereocenters. The molecule has 6 heteroatoms. The number of nitrogens with one attached hydrogen (secondary N) is 2. The van der Waals surface area contributed by atoms with Crippen molar-refractivity contribution in [3.8, 4) is 0 Å². The molecule has 0 spiro atoms. The molecule has 3 rings (SSSR count). The standard InChI is InChI=1S/C12H10I2N4/c13-7-1-5(15)3-9-11(7)18-12-8(14)2-6(16)4-10(12)17-9/h1-4,17-18H,15-16H2. The van der Waals surface area contributed by atoms with E-state index in [0.29, 0.717) is 0 Å². The molecule has 0 bridgehead atoms. The Bertz CT molecular complexity index is 600. The van der Waals surface area contributed by atoms with Gasteiger partial charge in [-0.1, -0.05) is 0 Å². The van der Waals surface area contributed by atoms with Crippen LogP contribution in [0, 0.1) is 7.14 Å². The summed E-state index contributed by atoms with van der Waals surface area (Å²) in [5, 5.41) is 6.81. The lowest BCUT2D eigenvalue weighted by atomic mass is 10.1. The van der Waals surface area contributed by atoms with E-state index in [-0.39, 0.29) is 0 Å². The van der Waals surface area contributed by atoms with Crippen LogP contribution in [0.5, 0.6) is 0 Å². The van der Waals surface area contributed by atoms with E-state index in [1.165, 1.54) is 0 Å². The Labute approximate surface area is 132 Å². The molecule has 0 saturated carbocycles. The molecule has 0 saturated heterocycles. The lowest BCUT2D eigenvalue weighted by molar-refractivity contribution is 1.42. The summed E-state index contributed by atoms with van der Waals surface area (Å²) in [5.74, 6) is 0. The van der Waals surface area contributed by atoms with E-state index in [9.17, 15) is 0 Å². The van der Waals surface area contributed by atoms with Crippen LogP contribution in [0.25, 0.3) is 0 Å². The molecular formula is C12H10I2N4. The minimum Gasteiger partial charge on any atom is -0.399 e. The maximum absolute atomic E-state index is 5.86. The highest BCUT2D eigenvalue weighted by molar-refractivity contribution is 14.1. The first kappa shape index (κ1) is 12.2. The number of fused-ring (bicyclic) bond motifs is 2. The average molecular weight is 464 g/mol. The topological polar surface area (TPSA) is 76.1 Å². The van der Waals surface area contributed by atoms with Gasteiger partial charge < -0.3 is 22.1 Å². The van der Waals surface area contributed by atoms with Crippen LogP contribution in [0.1, 0.15) is 0 Å². The molecule has 0 unspecified atom stereocenters. The predicted octanol–water partition coefficient (Wildman–Crippen LogP) is 3.86. The van der Waals surface area contributed by atoms with Crippen LogP contribution >= 0.6 is 45.2 Å². The smallest absolute Gasteiger partial charge is 0.0761 e. The lowest BCUT2D eigenvalue weighted by Gasteiger charge is -2.25. The number of hydrogen-bond acceptors (Lipinski definition) is 4. The summed E-state index contributed by atoms with van der Waals surface area (Å²) in [6, 6.07) is 7.74. The average Bonchev–Trinajstić information content (AvgIpc) is 2.26. The molecule has 1 aliphatic rings. The van der Waals surface area contributed by atoms with Crippen molar-refractivity contribution < 1.29 is 0 Å². The summed E-state index contributed by atoms with van der Waals surface area (Å²) in [4.78, 5) is 0. The molecule has 92 valence electrons. The summed E-state index contributed by atoms with van der Waals surface area (Å²) in [6.07, 6.45) is 0. The zero-order chi connectivity index (χ0) is 12.9. The monoisotopic (exact) mass is 464 g/mol. The first-order valence-electron chi connectivity index (χ1n) is 5.26. The van der Waals surface area contributed by atoms with Crippen molar-refractivity contribution in [2.75, 3.05) is 22.1 Å². The maximum atomic E-state index is 5.86. The van der Waals surface area contributed by atoms with Gasteiger partial charge in [-0.05, 0) is 69.4 Å². The second-order valence-corrected chi connectivity index (χ2v) is 6.42. The molecule has 0 aliphatic carbocycles. The molecule has 0 aromatic heterocycles. The number of anilines is 6. The molecule has 2 aromatic rings. The van der Waals surface area contributed by atoms with Gasteiger partial charge >= 0.3 is 0 Å². The van der Waals surface area contributed by atoms with E-state index < -0.39 is 0 Å². The van der Waals surface area contributed by atoms with Gasteiger partial charge in [0.2, 0.25) is 0 Å². The van der Waals surface area contributed by atoms with Crippen LogP contribution in [-0.4, -0.2) is 0 Å². The van der Waals surface area contributed by atoms with Gasteiger partial charge in [0.05, 0.1) is 22.7 Å². The number of halogens is 2. The molecular weight excluding hydrogens is 454 g/mol. The summed E-state index contributed by atoms with van der Waals surface area (Å²) >= 11 is 4.55. The normalized spacial score (nSPS) is 12.1. The molecule has 6 N–H and O–H groups in total. The van der Waals surface area contributed by atoms with Crippen molar-refractivity contribution in [2.24, 2.45) is 0 Å². The third-order valence-corrected chi connectivity index (χ3v) is 4.45. The Hall–Kier alpha value is -0.900. The number of benzene rings is 2. The fourth-order valence-electron chi connectivity index (χ4n) is 1.98. The molecule has 1 aliphatic heterocycles. The number of nitrogens with two attached hydrogens (primary N) is 2. The molecule has 0 radical (unpaired) electrons. The SMILES string of the molecule is Nc1cc(I)c2c(c1)Nc1cc(N)cc(I)c1N2. The Morgan fingerprint density at radius 2 is 1.17 bits per heavy atom. The summed E-state index contributed by atoms with van der Waals surface area (Å²) in [7, 11) is 0. The second-order valence-electron chi connectivity index (χ2n) is 4.10. The Balaban J connectivity index is 2.18. The first-order valence-corrected chi connectivity index (χ1v) is 7.42. The summed E-state index contributed by atoms with van der Waals surface area (Å²) < 4.78 is 2.18. The van der Waals surface area contributed by atoms with Gasteiger partial charge in [-0.15, -0.1) is 0 Å². The van der Waals surface area contributed by atoms with Gasteiger partial charge in [-0.2, -0.15) is 0 Å². The van der Waals surface area contributed by atoms with Gasteiger partial charge in [-0.3, -0.25) is 0 Å². The van der Waals surface area contributed by atoms with E-state index >= 15 is 0 Å². The highest BCUT2D eigenvalue weighted by Gasteiger charge is 2.19. The third-order valence-electron chi connectivity index (χ3n) is 2.74. The first-order chi connectivity index (χ1) is 8.54. The Morgan fingerprint density at radius 3 is 1.61 bits per heavy atom. The van der Waals surface area contributed by atoms with Gasteiger partial charge in [0, 0.05) is 18.5 Å². The number of rotatable bonds is 0. The Kier molecular flexibility index (Phi) is 2.93. The van der Waals surface area contributed by atoms with Crippen molar-refractivity contribution in [1.29, 1.82) is 0 Å². The maximum Gasteiger partial charge on any atom is 0.0761 e. The minimum absolute atomic E-state index is 0.745. The molecule has 0 amide bonds. The third kappa shape index (κ3) is 1.96. The fourth-order valence-corrected chi connectivity index (χ4v) is 3.55. The van der Waals surface area contributed by atoms with E-state index in [1.54, 1.807) is 0 Å². The van der Waals surface area contributed by atoms with Crippen molar-refractivity contribution in [2.45, 2.75) is 0 Å². The van der Waals surface area contributed by atoms with Gasteiger partial charge in [-0.25, -0.2) is 0 Å². The summed E-state index contributed by atoms with van der Waals surface area (Å²) in [6.45, 7) is 0. The molecule has 2 aromatic carbocycles. The van der Waals surface area contributed by atoms with E-state index in [1.807, 2.05) is 24.3 Å². The van der Waals surface area contributed by atoms with Gasteiger partial charge in [0.25, 0.3) is 0 Å². The quantitative estimate of drug-likeness (QED) is 0.301. The van der Waals surface area contributed by atoms with Crippen LogP contribution in [0.3, 0.4) is 0 Å². The van der Waals surface area contributed by atoms with E-state index in [0.717, 1.165) is 41.3 Å². The van der Waals surface area contributed by atoms with E-state index in [2.05, 4.69) is 55.8 Å².